The number of aromatic nitrogens is 3. The zero-order valence-corrected chi connectivity index (χ0v) is 15.1. The molecule has 2 aromatic heterocycles. The molecule has 0 aliphatic heterocycles. The Bertz CT molecular complexity index is 1270. The first-order chi connectivity index (χ1) is 13.4. The molecular weight excluding hydrogens is 364 g/mol. The van der Waals surface area contributed by atoms with E-state index >= 15 is 0 Å². The fraction of sp³-hybridized carbons (Fsp3) is 0.0952. The van der Waals surface area contributed by atoms with Gasteiger partial charge in [-0.25, -0.2) is 18.7 Å². The Kier molecular flexibility index (Phi) is 4.35. The fourth-order valence-electron chi connectivity index (χ4n) is 2.89. The van der Waals surface area contributed by atoms with Crippen LogP contribution in [0, 0.1) is 25.5 Å². The van der Waals surface area contributed by atoms with E-state index in [4.69, 9.17) is 4.74 Å². The molecule has 0 atom stereocenters. The Balaban J connectivity index is 1.93. The Morgan fingerprint density at radius 1 is 0.964 bits per heavy atom. The third-order valence-corrected chi connectivity index (χ3v) is 4.27. The maximum atomic E-state index is 13.9. The summed E-state index contributed by atoms with van der Waals surface area (Å²) in [4.78, 5) is 24.1. The minimum Gasteiger partial charge on any atom is -0.437 e. The molecule has 0 unspecified atom stereocenters. The van der Waals surface area contributed by atoms with Crippen LogP contribution in [0.15, 0.2) is 53.3 Å². The van der Waals surface area contributed by atoms with E-state index in [9.17, 15) is 13.6 Å². The lowest BCUT2D eigenvalue weighted by Gasteiger charge is -2.13. The van der Waals surface area contributed by atoms with Gasteiger partial charge in [-0.1, -0.05) is 12.1 Å². The van der Waals surface area contributed by atoms with Crippen molar-refractivity contribution < 1.29 is 13.5 Å². The predicted octanol–water partition coefficient (Wildman–Crippen LogP) is 4.67. The first-order valence-corrected chi connectivity index (χ1v) is 8.53. The van der Waals surface area contributed by atoms with Gasteiger partial charge in [-0.05, 0) is 38.1 Å². The van der Waals surface area contributed by atoms with Crippen LogP contribution in [-0.2, 0) is 0 Å². The lowest BCUT2D eigenvalue weighted by molar-refractivity contribution is 0.442. The number of ether oxygens (including phenoxy) is 1. The topological polar surface area (TPSA) is 67.9 Å². The highest BCUT2D eigenvalue weighted by Gasteiger charge is 2.18. The quantitative estimate of drug-likeness (QED) is 0.562. The number of hydrogen-bond donors (Lipinski definition) is 1. The second kappa shape index (κ2) is 6.84. The molecule has 4 aromatic rings. The van der Waals surface area contributed by atoms with Crippen LogP contribution in [0.3, 0.4) is 0 Å². The van der Waals surface area contributed by atoms with E-state index < -0.39 is 11.6 Å². The highest BCUT2D eigenvalue weighted by atomic mass is 19.2. The first-order valence-electron chi connectivity index (χ1n) is 8.53. The summed E-state index contributed by atoms with van der Waals surface area (Å²) in [7, 11) is 0. The summed E-state index contributed by atoms with van der Waals surface area (Å²) in [5.74, 6) is -1.76. The van der Waals surface area contributed by atoms with E-state index in [1.807, 2.05) is 6.07 Å². The van der Waals surface area contributed by atoms with Crippen LogP contribution < -0.4 is 10.2 Å². The summed E-state index contributed by atoms with van der Waals surface area (Å²) < 4.78 is 33.2. The van der Waals surface area contributed by atoms with Crippen molar-refractivity contribution in [3.05, 3.63) is 81.6 Å². The van der Waals surface area contributed by atoms with Crippen LogP contribution in [0.4, 0.5) is 8.78 Å². The van der Waals surface area contributed by atoms with Crippen molar-refractivity contribution in [3.8, 4) is 23.0 Å². The van der Waals surface area contributed by atoms with Crippen LogP contribution >= 0.6 is 0 Å². The summed E-state index contributed by atoms with van der Waals surface area (Å²) in [6.45, 7) is 3.16. The average molecular weight is 379 g/mol. The highest BCUT2D eigenvalue weighted by Crippen LogP contribution is 2.33. The van der Waals surface area contributed by atoms with Crippen molar-refractivity contribution >= 4 is 11.0 Å². The third-order valence-electron chi connectivity index (χ3n) is 4.27. The van der Waals surface area contributed by atoms with Gasteiger partial charge in [0, 0.05) is 23.4 Å². The van der Waals surface area contributed by atoms with Crippen LogP contribution in [0.1, 0.15) is 11.3 Å². The van der Waals surface area contributed by atoms with Gasteiger partial charge in [0.25, 0.3) is 0 Å². The predicted molar refractivity (Wildman–Crippen MR) is 102 cm³/mol. The molecule has 7 heteroatoms. The number of rotatable bonds is 3. The zero-order valence-electron chi connectivity index (χ0n) is 15.1. The van der Waals surface area contributed by atoms with E-state index in [1.54, 1.807) is 25.1 Å². The van der Waals surface area contributed by atoms with Crippen LogP contribution in [0.25, 0.3) is 22.4 Å². The number of nitrogens with zero attached hydrogens (tertiary/aromatic N) is 2. The van der Waals surface area contributed by atoms with Crippen LogP contribution in [-0.4, -0.2) is 15.0 Å². The standard InChI is InChI=1S/C21H15F2N3O2/c1-11-9-13(27)10-17(24-11)20-21(26-16-6-4-3-5-15(16)25-20)28-18-8-7-14(22)19(23)12(18)2/h3-10H,1-2H3,(H,24,27). The summed E-state index contributed by atoms with van der Waals surface area (Å²) >= 11 is 0. The number of aryl methyl sites for hydroxylation is 1. The molecule has 0 amide bonds. The van der Waals surface area contributed by atoms with Gasteiger partial charge in [-0.3, -0.25) is 4.79 Å². The number of nitrogens with one attached hydrogen (secondary N) is 1. The minimum atomic E-state index is -0.989. The average Bonchev–Trinajstić information content (AvgIpc) is 2.67. The molecule has 5 nitrogen and oxygen atoms in total. The second-order valence-electron chi connectivity index (χ2n) is 6.37. The largest absolute Gasteiger partial charge is 0.437 e. The molecule has 2 aromatic carbocycles. The summed E-state index contributed by atoms with van der Waals surface area (Å²) in [5, 5.41) is 0. The molecule has 1 N–H and O–H groups in total. The van der Waals surface area contributed by atoms with Crippen molar-refractivity contribution in [2.24, 2.45) is 0 Å². The maximum absolute atomic E-state index is 13.9. The minimum absolute atomic E-state index is 0.0126. The lowest BCUT2D eigenvalue weighted by atomic mass is 10.2. The van der Waals surface area contributed by atoms with E-state index in [1.165, 1.54) is 25.1 Å². The van der Waals surface area contributed by atoms with E-state index in [0.717, 1.165) is 6.07 Å². The normalized spacial score (nSPS) is 11.0. The summed E-state index contributed by atoms with van der Waals surface area (Å²) in [6.07, 6.45) is 0. The van der Waals surface area contributed by atoms with Gasteiger partial charge in [-0.15, -0.1) is 0 Å². The molecule has 28 heavy (non-hydrogen) atoms. The van der Waals surface area contributed by atoms with E-state index in [2.05, 4.69) is 15.0 Å². The number of hydrogen-bond acceptors (Lipinski definition) is 4. The van der Waals surface area contributed by atoms with E-state index in [0.29, 0.717) is 28.1 Å². The molecular formula is C21H15F2N3O2. The van der Waals surface area contributed by atoms with Crippen molar-refractivity contribution in [2.75, 3.05) is 0 Å². The lowest BCUT2D eigenvalue weighted by Crippen LogP contribution is -2.05. The van der Waals surface area contributed by atoms with Gasteiger partial charge in [0.1, 0.15) is 11.4 Å². The Hall–Kier alpha value is -3.61. The monoisotopic (exact) mass is 379 g/mol. The summed E-state index contributed by atoms with van der Waals surface area (Å²) in [6, 6.07) is 12.3. The molecule has 0 aliphatic carbocycles. The first kappa shape index (κ1) is 17.8. The number of fused-ring (bicyclic) bond motifs is 1. The Labute approximate surface area is 158 Å². The highest BCUT2D eigenvalue weighted by molar-refractivity contribution is 5.79. The molecule has 0 fully saturated rings. The molecule has 0 saturated heterocycles. The molecule has 0 spiro atoms. The van der Waals surface area contributed by atoms with Gasteiger partial charge < -0.3 is 9.72 Å². The number of H-pyrrole nitrogens is 1. The summed E-state index contributed by atoms with van der Waals surface area (Å²) in [5.41, 5.74) is 2.34. The molecule has 0 bridgehead atoms. The van der Waals surface area contributed by atoms with Crippen LogP contribution in [0.5, 0.6) is 11.6 Å². The second-order valence-corrected chi connectivity index (χ2v) is 6.37. The molecule has 0 aliphatic rings. The van der Waals surface area contributed by atoms with Gasteiger partial charge in [0.05, 0.1) is 16.7 Å². The SMILES string of the molecule is Cc1cc(=O)cc(-c2nc3ccccc3nc2Oc2ccc(F)c(F)c2C)[nH]1. The van der Waals surface area contributed by atoms with Gasteiger partial charge in [-0.2, -0.15) is 0 Å². The molecule has 0 radical (unpaired) electrons. The number of aromatic amines is 1. The van der Waals surface area contributed by atoms with Crippen molar-refractivity contribution in [3.63, 3.8) is 0 Å². The number of para-hydroxylation sites is 2. The van der Waals surface area contributed by atoms with Gasteiger partial charge in [0.15, 0.2) is 17.1 Å². The third kappa shape index (κ3) is 3.22. The molecule has 140 valence electrons. The fourth-order valence-corrected chi connectivity index (χ4v) is 2.89. The van der Waals surface area contributed by atoms with Gasteiger partial charge >= 0.3 is 0 Å². The van der Waals surface area contributed by atoms with Crippen molar-refractivity contribution in [2.45, 2.75) is 13.8 Å². The number of benzene rings is 2. The zero-order chi connectivity index (χ0) is 19.8. The molecule has 2 heterocycles. The Morgan fingerprint density at radius 3 is 2.39 bits per heavy atom. The van der Waals surface area contributed by atoms with E-state index in [-0.39, 0.29) is 22.6 Å². The molecule has 4 rings (SSSR count). The maximum Gasteiger partial charge on any atom is 0.248 e. The van der Waals surface area contributed by atoms with Crippen molar-refractivity contribution in [1.29, 1.82) is 0 Å². The number of pyridine rings is 1. The van der Waals surface area contributed by atoms with Crippen LogP contribution in [0.2, 0.25) is 0 Å². The smallest absolute Gasteiger partial charge is 0.248 e. The van der Waals surface area contributed by atoms with Crippen molar-refractivity contribution in [1.82, 2.24) is 15.0 Å². The molecule has 0 saturated carbocycles. The number of halogens is 2. The van der Waals surface area contributed by atoms with Gasteiger partial charge in [0.2, 0.25) is 5.88 Å². The Morgan fingerprint density at radius 2 is 1.68 bits per heavy atom.